The molecule has 1 amide bonds. The van der Waals surface area contributed by atoms with Gasteiger partial charge in [-0.1, -0.05) is 44.2 Å². The summed E-state index contributed by atoms with van der Waals surface area (Å²) in [4.78, 5) is 12.5. The number of nitrogens with one attached hydrogen (secondary N) is 3. The van der Waals surface area contributed by atoms with E-state index in [0.717, 1.165) is 22.8 Å². The fourth-order valence-electron chi connectivity index (χ4n) is 3.11. The van der Waals surface area contributed by atoms with Gasteiger partial charge in [0.1, 0.15) is 5.82 Å². The van der Waals surface area contributed by atoms with E-state index in [-0.39, 0.29) is 5.91 Å². The van der Waals surface area contributed by atoms with Gasteiger partial charge in [-0.05, 0) is 29.2 Å². The van der Waals surface area contributed by atoms with Gasteiger partial charge >= 0.3 is 0 Å². The first-order valence-corrected chi connectivity index (χ1v) is 7.92. The molecule has 2 aromatic carbocycles. The van der Waals surface area contributed by atoms with E-state index in [1.807, 2.05) is 24.3 Å². The minimum absolute atomic E-state index is 0.0599. The molecule has 2 heterocycles. The predicted molar refractivity (Wildman–Crippen MR) is 93.0 cm³/mol. The molecular formula is C19H19N3O. The minimum atomic E-state index is -0.0599. The molecule has 0 aliphatic carbocycles. The van der Waals surface area contributed by atoms with E-state index in [9.17, 15) is 4.79 Å². The zero-order valence-corrected chi connectivity index (χ0v) is 13.2. The molecule has 3 N–H and O–H groups in total. The van der Waals surface area contributed by atoms with E-state index in [0.29, 0.717) is 18.0 Å². The van der Waals surface area contributed by atoms with Crippen LogP contribution in [0.5, 0.6) is 0 Å². The normalized spacial score (nSPS) is 18.8. The van der Waals surface area contributed by atoms with Gasteiger partial charge in [0, 0.05) is 23.5 Å². The van der Waals surface area contributed by atoms with Gasteiger partial charge in [-0.25, -0.2) is 0 Å². The van der Waals surface area contributed by atoms with Gasteiger partial charge in [-0.15, -0.1) is 0 Å². The maximum atomic E-state index is 12.5. The highest BCUT2D eigenvalue weighted by molar-refractivity contribution is 6.32. The number of para-hydroxylation sites is 1. The third kappa shape index (κ3) is 2.27. The van der Waals surface area contributed by atoms with Gasteiger partial charge in [0.2, 0.25) is 0 Å². The summed E-state index contributed by atoms with van der Waals surface area (Å²) in [5.41, 5.74) is 6.01. The summed E-state index contributed by atoms with van der Waals surface area (Å²) < 4.78 is 0. The second-order valence-electron chi connectivity index (χ2n) is 6.30. The molecule has 2 aliphatic rings. The fourth-order valence-corrected chi connectivity index (χ4v) is 3.11. The van der Waals surface area contributed by atoms with Crippen LogP contribution in [0.25, 0.3) is 5.57 Å². The van der Waals surface area contributed by atoms with Gasteiger partial charge < -0.3 is 16.0 Å². The van der Waals surface area contributed by atoms with Crippen LogP contribution in [-0.4, -0.2) is 5.91 Å². The Morgan fingerprint density at radius 3 is 2.65 bits per heavy atom. The molecule has 0 aromatic heterocycles. The van der Waals surface area contributed by atoms with Crippen molar-refractivity contribution in [1.29, 1.82) is 0 Å². The Labute approximate surface area is 135 Å². The molecular weight excluding hydrogens is 286 g/mol. The lowest BCUT2D eigenvalue weighted by Crippen LogP contribution is -2.28. The molecule has 2 aromatic rings. The first kappa shape index (κ1) is 13.9. The highest BCUT2D eigenvalue weighted by Crippen LogP contribution is 2.36. The maximum Gasteiger partial charge on any atom is 0.260 e. The van der Waals surface area contributed by atoms with Crippen molar-refractivity contribution in [1.82, 2.24) is 5.32 Å². The van der Waals surface area contributed by atoms with Crippen molar-refractivity contribution < 1.29 is 4.79 Å². The van der Waals surface area contributed by atoms with E-state index in [1.54, 1.807) is 0 Å². The van der Waals surface area contributed by atoms with Crippen LogP contribution in [0.3, 0.4) is 0 Å². The summed E-state index contributed by atoms with van der Waals surface area (Å²) in [6.07, 6.45) is 0. The number of hydrogen-bond donors (Lipinski definition) is 3. The van der Waals surface area contributed by atoms with Crippen molar-refractivity contribution in [3.63, 3.8) is 0 Å². The SMILES string of the molecule is CC(C)c1ccc2c(c1)NC(=O)/C2=C1/NCc2ccccc2N1. The lowest BCUT2D eigenvalue weighted by Gasteiger charge is -2.24. The Morgan fingerprint density at radius 1 is 1.00 bits per heavy atom. The maximum absolute atomic E-state index is 12.5. The molecule has 0 unspecified atom stereocenters. The number of amides is 1. The molecule has 0 saturated heterocycles. The molecule has 0 fully saturated rings. The van der Waals surface area contributed by atoms with Crippen molar-refractivity contribution in [3.05, 3.63) is 65.0 Å². The second kappa shape index (κ2) is 5.16. The number of carbonyl (C=O) groups excluding carboxylic acids is 1. The number of rotatable bonds is 1. The van der Waals surface area contributed by atoms with Crippen LogP contribution in [0.15, 0.2) is 48.3 Å². The summed E-state index contributed by atoms with van der Waals surface area (Å²) in [6.45, 7) is 5.02. The molecule has 4 rings (SSSR count). The fraction of sp³-hybridized carbons (Fsp3) is 0.211. The summed E-state index contributed by atoms with van der Waals surface area (Å²) in [5, 5.41) is 9.68. The van der Waals surface area contributed by atoms with Crippen LogP contribution >= 0.6 is 0 Å². The summed E-state index contributed by atoms with van der Waals surface area (Å²) >= 11 is 0. The highest BCUT2D eigenvalue weighted by atomic mass is 16.2. The molecule has 0 saturated carbocycles. The monoisotopic (exact) mass is 305 g/mol. The van der Waals surface area contributed by atoms with Crippen LogP contribution in [0.4, 0.5) is 11.4 Å². The average molecular weight is 305 g/mol. The molecule has 0 spiro atoms. The van der Waals surface area contributed by atoms with Gasteiger partial charge in [-0.3, -0.25) is 4.79 Å². The zero-order chi connectivity index (χ0) is 16.0. The first-order valence-electron chi connectivity index (χ1n) is 7.92. The molecule has 0 bridgehead atoms. The van der Waals surface area contributed by atoms with Crippen LogP contribution in [-0.2, 0) is 11.3 Å². The van der Waals surface area contributed by atoms with E-state index >= 15 is 0 Å². The molecule has 4 nitrogen and oxygen atoms in total. The van der Waals surface area contributed by atoms with E-state index < -0.39 is 0 Å². The average Bonchev–Trinajstić information content (AvgIpc) is 2.89. The zero-order valence-electron chi connectivity index (χ0n) is 13.2. The van der Waals surface area contributed by atoms with Gasteiger partial charge in [0.15, 0.2) is 0 Å². The van der Waals surface area contributed by atoms with Crippen molar-refractivity contribution >= 4 is 22.9 Å². The van der Waals surface area contributed by atoms with Crippen LogP contribution < -0.4 is 16.0 Å². The van der Waals surface area contributed by atoms with Crippen molar-refractivity contribution in [2.45, 2.75) is 26.3 Å². The van der Waals surface area contributed by atoms with Crippen molar-refractivity contribution in [2.75, 3.05) is 10.6 Å². The Bertz CT molecular complexity index is 836. The van der Waals surface area contributed by atoms with Crippen molar-refractivity contribution in [2.24, 2.45) is 0 Å². The molecule has 116 valence electrons. The predicted octanol–water partition coefficient (Wildman–Crippen LogP) is 3.65. The molecule has 23 heavy (non-hydrogen) atoms. The standard InChI is InChI=1S/C19H19N3O/c1-11(2)12-7-8-14-16(9-12)22-19(23)17(14)18-20-10-13-5-3-4-6-15(13)21-18/h3-9,11,20-21H,10H2,1-2H3,(H,22,23)/b18-17-. The van der Waals surface area contributed by atoms with E-state index in [2.05, 4.69) is 48.0 Å². The number of benzene rings is 2. The third-order valence-corrected chi connectivity index (χ3v) is 4.44. The van der Waals surface area contributed by atoms with Crippen LogP contribution in [0.1, 0.15) is 36.5 Å². The van der Waals surface area contributed by atoms with Gasteiger partial charge in [0.05, 0.1) is 5.57 Å². The van der Waals surface area contributed by atoms with E-state index in [4.69, 9.17) is 0 Å². The van der Waals surface area contributed by atoms with Gasteiger partial charge in [-0.2, -0.15) is 0 Å². The smallest absolute Gasteiger partial charge is 0.260 e. The Morgan fingerprint density at radius 2 is 1.83 bits per heavy atom. The van der Waals surface area contributed by atoms with Crippen molar-refractivity contribution in [3.8, 4) is 0 Å². The number of hydrogen-bond acceptors (Lipinski definition) is 3. The summed E-state index contributed by atoms with van der Waals surface area (Å²) in [7, 11) is 0. The Balaban J connectivity index is 1.78. The molecule has 4 heteroatoms. The first-order chi connectivity index (χ1) is 11.1. The van der Waals surface area contributed by atoms with Gasteiger partial charge in [0.25, 0.3) is 5.91 Å². The molecule has 0 radical (unpaired) electrons. The topological polar surface area (TPSA) is 53.2 Å². The Kier molecular flexibility index (Phi) is 3.11. The second-order valence-corrected chi connectivity index (χ2v) is 6.30. The number of carbonyl (C=O) groups is 1. The minimum Gasteiger partial charge on any atom is -0.367 e. The highest BCUT2D eigenvalue weighted by Gasteiger charge is 2.29. The third-order valence-electron chi connectivity index (χ3n) is 4.44. The quantitative estimate of drug-likeness (QED) is 0.705. The number of fused-ring (bicyclic) bond motifs is 2. The summed E-state index contributed by atoms with van der Waals surface area (Å²) in [6, 6.07) is 14.3. The summed E-state index contributed by atoms with van der Waals surface area (Å²) in [5.74, 6) is 1.15. The Hall–Kier alpha value is -2.75. The van der Waals surface area contributed by atoms with E-state index in [1.165, 1.54) is 11.1 Å². The lowest BCUT2D eigenvalue weighted by molar-refractivity contribution is -0.110. The van der Waals surface area contributed by atoms with Crippen LogP contribution in [0.2, 0.25) is 0 Å². The van der Waals surface area contributed by atoms with Crippen LogP contribution in [0, 0.1) is 0 Å². The number of anilines is 2. The molecule has 2 aliphatic heterocycles. The largest absolute Gasteiger partial charge is 0.367 e. The lowest BCUT2D eigenvalue weighted by atomic mass is 9.98. The molecule has 0 atom stereocenters.